The number of nitro benzene ring substituents is 1. The van der Waals surface area contributed by atoms with E-state index in [4.69, 9.17) is 15.3 Å². The Morgan fingerprint density at radius 2 is 1.50 bits per heavy atom. The number of carbonyl (C=O) groups is 3. The molecule has 0 saturated carbocycles. The van der Waals surface area contributed by atoms with Crippen LogP contribution in [0.3, 0.4) is 0 Å². The van der Waals surface area contributed by atoms with Gasteiger partial charge in [-0.05, 0) is 17.7 Å². The van der Waals surface area contributed by atoms with E-state index in [1.807, 2.05) is 0 Å². The topological polar surface area (TPSA) is 155 Å². The maximum absolute atomic E-state index is 11.0. The van der Waals surface area contributed by atoms with Crippen LogP contribution in [0, 0.1) is 15.5 Å². The normalized spacial score (nSPS) is 11.3. The summed E-state index contributed by atoms with van der Waals surface area (Å²) >= 11 is 0. The highest BCUT2D eigenvalue weighted by molar-refractivity contribution is 6.16. The summed E-state index contributed by atoms with van der Waals surface area (Å²) in [4.78, 5) is 42.9. The molecule has 1 aromatic carbocycles. The molecule has 0 amide bonds. The van der Waals surface area contributed by atoms with E-state index in [1.165, 1.54) is 30.3 Å². The number of nitrogens with zero attached hydrogens (tertiary/aromatic N) is 1. The average Bonchev–Trinajstić information content (AvgIpc) is 2.42. The summed E-state index contributed by atoms with van der Waals surface area (Å²) in [6.45, 7) is 0. The van der Waals surface area contributed by atoms with Gasteiger partial charge in [0.25, 0.3) is 11.1 Å². The second-order valence-electron chi connectivity index (χ2n) is 4.28. The molecule has 22 heavy (non-hydrogen) atoms. The van der Waals surface area contributed by atoms with Gasteiger partial charge in [0.2, 0.25) is 0 Å². The van der Waals surface area contributed by atoms with Gasteiger partial charge in [-0.25, -0.2) is 0 Å². The average molecular weight is 309 g/mol. The predicted molar refractivity (Wildman–Crippen MR) is 72.1 cm³/mol. The lowest BCUT2D eigenvalue weighted by atomic mass is 9.84. The third kappa shape index (κ3) is 3.26. The molecule has 0 aliphatic rings. The van der Waals surface area contributed by atoms with Crippen LogP contribution < -0.4 is 0 Å². The molecule has 0 unspecified atom stereocenters. The summed E-state index contributed by atoms with van der Waals surface area (Å²) in [5.74, 6) is -5.96. The smallest absolute Gasteiger partial charge is 0.333 e. The van der Waals surface area contributed by atoms with Crippen molar-refractivity contribution in [2.75, 3.05) is 0 Å². The summed E-state index contributed by atoms with van der Waals surface area (Å²) < 4.78 is 0. The zero-order valence-electron chi connectivity index (χ0n) is 11.0. The largest absolute Gasteiger partial charge is 0.480 e. The van der Waals surface area contributed by atoms with Crippen LogP contribution in [0.2, 0.25) is 0 Å². The number of aliphatic carboxylic acids is 3. The lowest BCUT2D eigenvalue weighted by Crippen LogP contribution is -2.46. The summed E-state index contributed by atoms with van der Waals surface area (Å²) in [7, 11) is 0. The van der Waals surface area contributed by atoms with Gasteiger partial charge in [0.05, 0.1) is 4.92 Å². The minimum absolute atomic E-state index is 0.145. The number of nitro groups is 1. The van der Waals surface area contributed by atoms with Crippen LogP contribution in [0.25, 0.3) is 6.08 Å². The maximum atomic E-state index is 11.0. The number of carboxylic acid groups (broad SMARTS) is 3. The number of hydrogen-bond acceptors (Lipinski definition) is 5. The van der Waals surface area contributed by atoms with Gasteiger partial charge >= 0.3 is 17.9 Å². The zero-order valence-corrected chi connectivity index (χ0v) is 11.0. The summed E-state index contributed by atoms with van der Waals surface area (Å²) in [5, 5.41) is 37.1. The Hall–Kier alpha value is -3.23. The van der Waals surface area contributed by atoms with E-state index in [0.29, 0.717) is 5.56 Å². The van der Waals surface area contributed by atoms with Crippen LogP contribution in [0.15, 0.2) is 30.3 Å². The van der Waals surface area contributed by atoms with Gasteiger partial charge in [0, 0.05) is 18.6 Å². The summed E-state index contributed by atoms with van der Waals surface area (Å²) in [6.07, 6.45) is 1.59. The van der Waals surface area contributed by atoms with Crippen LogP contribution >= 0.6 is 0 Å². The van der Waals surface area contributed by atoms with Gasteiger partial charge < -0.3 is 15.3 Å². The summed E-state index contributed by atoms with van der Waals surface area (Å²) in [6, 6.07) is 5.13. The molecule has 3 N–H and O–H groups in total. The SMILES string of the molecule is O=C(O)C(C/C=C/c1ccc([N+](=O)[O-])cc1)(C(=O)O)C(=O)O. The van der Waals surface area contributed by atoms with Crippen LogP contribution in [0.4, 0.5) is 5.69 Å². The molecular weight excluding hydrogens is 298 g/mol. The van der Waals surface area contributed by atoms with E-state index in [0.717, 1.165) is 6.08 Å². The fourth-order valence-corrected chi connectivity index (χ4v) is 1.62. The third-order valence-corrected chi connectivity index (χ3v) is 2.93. The molecular formula is C13H11NO8. The van der Waals surface area contributed by atoms with Gasteiger partial charge in [-0.1, -0.05) is 12.2 Å². The molecule has 1 aromatic rings. The Kier molecular flexibility index (Phi) is 4.96. The van der Waals surface area contributed by atoms with E-state index < -0.39 is 34.7 Å². The van der Waals surface area contributed by atoms with Crippen molar-refractivity contribution in [3.8, 4) is 0 Å². The fraction of sp³-hybridized carbons (Fsp3) is 0.154. The van der Waals surface area contributed by atoms with Gasteiger partial charge in [-0.3, -0.25) is 24.5 Å². The van der Waals surface area contributed by atoms with Crippen molar-refractivity contribution in [3.05, 3.63) is 46.0 Å². The Morgan fingerprint density at radius 1 is 1.05 bits per heavy atom. The van der Waals surface area contributed by atoms with Crippen molar-refractivity contribution in [2.24, 2.45) is 5.41 Å². The van der Waals surface area contributed by atoms with Gasteiger partial charge in [0.15, 0.2) is 0 Å². The first-order valence-corrected chi connectivity index (χ1v) is 5.83. The van der Waals surface area contributed by atoms with Crippen molar-refractivity contribution >= 4 is 29.7 Å². The minimum atomic E-state index is -2.97. The molecule has 0 aliphatic heterocycles. The van der Waals surface area contributed by atoms with Crippen molar-refractivity contribution in [2.45, 2.75) is 6.42 Å². The molecule has 0 radical (unpaired) electrons. The second kappa shape index (κ2) is 6.48. The third-order valence-electron chi connectivity index (χ3n) is 2.93. The summed E-state index contributed by atoms with van der Waals surface area (Å²) in [5.41, 5.74) is -2.69. The minimum Gasteiger partial charge on any atom is -0.480 e. The van der Waals surface area contributed by atoms with Crippen LogP contribution in [-0.4, -0.2) is 38.2 Å². The Morgan fingerprint density at radius 3 is 1.86 bits per heavy atom. The van der Waals surface area contributed by atoms with Crippen LogP contribution in [0.1, 0.15) is 12.0 Å². The first-order chi connectivity index (χ1) is 10.2. The highest BCUT2D eigenvalue weighted by Crippen LogP contribution is 2.25. The fourth-order valence-electron chi connectivity index (χ4n) is 1.62. The lowest BCUT2D eigenvalue weighted by molar-refractivity contribution is -0.384. The molecule has 1 rings (SSSR count). The number of hydrogen-bond donors (Lipinski definition) is 3. The number of carboxylic acids is 3. The molecule has 0 bridgehead atoms. The molecule has 0 saturated heterocycles. The molecule has 0 heterocycles. The quantitative estimate of drug-likeness (QED) is 0.386. The molecule has 9 nitrogen and oxygen atoms in total. The molecule has 116 valence electrons. The molecule has 0 spiro atoms. The number of benzene rings is 1. The number of non-ortho nitro benzene ring substituents is 1. The van der Waals surface area contributed by atoms with E-state index in [9.17, 15) is 24.5 Å². The highest BCUT2D eigenvalue weighted by Gasteiger charge is 2.53. The first kappa shape index (κ1) is 16.8. The highest BCUT2D eigenvalue weighted by atomic mass is 16.6. The molecule has 9 heteroatoms. The van der Waals surface area contributed by atoms with E-state index in [1.54, 1.807) is 0 Å². The van der Waals surface area contributed by atoms with Gasteiger partial charge in [0.1, 0.15) is 0 Å². The Balaban J connectivity index is 2.98. The van der Waals surface area contributed by atoms with Gasteiger partial charge in [-0.15, -0.1) is 0 Å². The second-order valence-corrected chi connectivity index (χ2v) is 4.28. The number of rotatable bonds is 7. The van der Waals surface area contributed by atoms with Crippen molar-refractivity contribution in [1.82, 2.24) is 0 Å². The molecule has 0 atom stereocenters. The lowest BCUT2D eigenvalue weighted by Gasteiger charge is -2.17. The Bertz CT molecular complexity index is 610. The van der Waals surface area contributed by atoms with Gasteiger partial charge in [-0.2, -0.15) is 0 Å². The van der Waals surface area contributed by atoms with E-state index >= 15 is 0 Å². The maximum Gasteiger partial charge on any atom is 0.333 e. The zero-order chi connectivity index (χ0) is 16.9. The molecule has 0 fully saturated rings. The van der Waals surface area contributed by atoms with E-state index in [-0.39, 0.29) is 5.69 Å². The predicted octanol–water partition coefficient (Wildman–Crippen LogP) is 1.24. The van der Waals surface area contributed by atoms with E-state index in [2.05, 4.69) is 0 Å². The van der Waals surface area contributed by atoms with Crippen LogP contribution in [0.5, 0.6) is 0 Å². The van der Waals surface area contributed by atoms with Crippen molar-refractivity contribution < 1.29 is 34.6 Å². The number of allylic oxidation sites excluding steroid dienone is 1. The monoisotopic (exact) mass is 309 g/mol. The van der Waals surface area contributed by atoms with Crippen molar-refractivity contribution in [3.63, 3.8) is 0 Å². The standard InChI is InChI=1S/C13H11NO8/c15-10(16)13(11(17)18,12(19)20)7-1-2-8-3-5-9(6-4-8)14(21)22/h1-6H,7H2,(H,15,16)(H,17,18)(H,19,20)/b2-1+. The molecule has 0 aromatic heterocycles. The Labute approximate surface area is 123 Å². The van der Waals surface area contributed by atoms with Crippen LogP contribution in [-0.2, 0) is 14.4 Å². The first-order valence-electron chi connectivity index (χ1n) is 5.83. The van der Waals surface area contributed by atoms with Crippen molar-refractivity contribution in [1.29, 1.82) is 0 Å². The molecule has 0 aliphatic carbocycles.